The Kier molecular flexibility index (Phi) is 5.76. The second kappa shape index (κ2) is 8.40. The highest BCUT2D eigenvalue weighted by Crippen LogP contribution is 2.22. The van der Waals surface area contributed by atoms with Gasteiger partial charge < -0.3 is 10.6 Å². The number of anilines is 2. The molecule has 0 aliphatic rings. The van der Waals surface area contributed by atoms with E-state index in [1.807, 2.05) is 32.0 Å². The fourth-order valence-corrected chi connectivity index (χ4v) is 2.75. The van der Waals surface area contributed by atoms with Crippen LogP contribution in [0.3, 0.4) is 0 Å². The number of aromatic nitrogens is 2. The lowest BCUT2D eigenvalue weighted by Gasteiger charge is -2.11. The topological polar surface area (TPSA) is 66.9 Å². The first kappa shape index (κ1) is 18.5. The van der Waals surface area contributed by atoms with Gasteiger partial charge in [-0.05, 0) is 43.0 Å². The van der Waals surface area contributed by atoms with Crippen molar-refractivity contribution in [2.24, 2.45) is 0 Å². The monoisotopic (exact) mass is 364 g/mol. The number of rotatable bonds is 6. The van der Waals surface area contributed by atoms with Crippen molar-refractivity contribution >= 4 is 17.5 Å². The SMILES string of the molecule is Cc1cccc(C)c1Nc1ncc(C(=O)NCCc2ccccc2F)cn1. The zero-order valence-corrected chi connectivity index (χ0v) is 15.3. The summed E-state index contributed by atoms with van der Waals surface area (Å²) < 4.78 is 13.6. The molecule has 0 saturated carbocycles. The van der Waals surface area contributed by atoms with Crippen molar-refractivity contribution in [3.63, 3.8) is 0 Å². The van der Waals surface area contributed by atoms with Crippen LogP contribution in [-0.4, -0.2) is 22.4 Å². The van der Waals surface area contributed by atoms with Gasteiger partial charge in [0.05, 0.1) is 5.56 Å². The third-order valence-electron chi connectivity index (χ3n) is 4.27. The minimum Gasteiger partial charge on any atom is -0.352 e. The average molecular weight is 364 g/mol. The number of aryl methyl sites for hydroxylation is 2. The van der Waals surface area contributed by atoms with E-state index in [0.29, 0.717) is 30.0 Å². The number of nitrogens with zero attached hydrogens (tertiary/aromatic N) is 2. The highest BCUT2D eigenvalue weighted by molar-refractivity contribution is 5.93. The molecule has 3 rings (SSSR count). The molecule has 5 nitrogen and oxygen atoms in total. The molecule has 138 valence electrons. The lowest BCUT2D eigenvalue weighted by atomic mass is 10.1. The molecule has 0 unspecified atom stereocenters. The number of carbonyl (C=O) groups is 1. The molecule has 0 radical (unpaired) electrons. The van der Waals surface area contributed by atoms with Gasteiger partial charge in [-0.3, -0.25) is 4.79 Å². The Labute approximate surface area is 157 Å². The molecule has 27 heavy (non-hydrogen) atoms. The van der Waals surface area contributed by atoms with Gasteiger partial charge in [0.25, 0.3) is 5.91 Å². The Morgan fingerprint density at radius 1 is 1.00 bits per heavy atom. The number of benzene rings is 2. The van der Waals surface area contributed by atoms with Crippen LogP contribution in [0.5, 0.6) is 0 Å². The van der Waals surface area contributed by atoms with Crippen LogP contribution < -0.4 is 10.6 Å². The van der Waals surface area contributed by atoms with Crippen LogP contribution >= 0.6 is 0 Å². The summed E-state index contributed by atoms with van der Waals surface area (Å²) in [4.78, 5) is 20.6. The first-order valence-electron chi connectivity index (χ1n) is 8.71. The van der Waals surface area contributed by atoms with Crippen LogP contribution in [0.1, 0.15) is 27.0 Å². The van der Waals surface area contributed by atoms with Crippen molar-refractivity contribution in [1.82, 2.24) is 15.3 Å². The number of halogens is 1. The van der Waals surface area contributed by atoms with Gasteiger partial charge >= 0.3 is 0 Å². The van der Waals surface area contributed by atoms with E-state index >= 15 is 0 Å². The van der Waals surface area contributed by atoms with Gasteiger partial charge in [0.1, 0.15) is 5.82 Å². The second-order valence-corrected chi connectivity index (χ2v) is 6.28. The van der Waals surface area contributed by atoms with Gasteiger partial charge in [0.15, 0.2) is 0 Å². The number of hydrogen-bond donors (Lipinski definition) is 2. The van der Waals surface area contributed by atoms with Crippen LogP contribution in [0.15, 0.2) is 54.9 Å². The number of nitrogens with one attached hydrogen (secondary N) is 2. The molecule has 0 saturated heterocycles. The fourth-order valence-electron chi connectivity index (χ4n) is 2.75. The first-order chi connectivity index (χ1) is 13.0. The molecule has 0 bridgehead atoms. The lowest BCUT2D eigenvalue weighted by Crippen LogP contribution is -2.26. The van der Waals surface area contributed by atoms with E-state index in [4.69, 9.17) is 0 Å². The van der Waals surface area contributed by atoms with Gasteiger partial charge in [-0.1, -0.05) is 36.4 Å². The van der Waals surface area contributed by atoms with Gasteiger partial charge in [0, 0.05) is 24.6 Å². The molecule has 3 aromatic rings. The quantitative estimate of drug-likeness (QED) is 0.695. The van der Waals surface area contributed by atoms with Crippen LogP contribution in [0, 0.1) is 19.7 Å². The predicted molar refractivity (Wildman–Crippen MR) is 104 cm³/mol. The zero-order valence-electron chi connectivity index (χ0n) is 15.3. The summed E-state index contributed by atoms with van der Waals surface area (Å²) in [6.45, 7) is 4.35. The summed E-state index contributed by atoms with van der Waals surface area (Å²) in [6, 6.07) is 12.5. The average Bonchev–Trinajstić information content (AvgIpc) is 2.67. The summed E-state index contributed by atoms with van der Waals surface area (Å²) in [7, 11) is 0. The van der Waals surface area contributed by atoms with Gasteiger partial charge in [-0.15, -0.1) is 0 Å². The van der Waals surface area contributed by atoms with Crippen molar-refractivity contribution in [3.05, 3.63) is 82.9 Å². The van der Waals surface area contributed by atoms with Crippen molar-refractivity contribution in [3.8, 4) is 0 Å². The molecular formula is C21H21FN4O. The Balaban J connectivity index is 1.58. The van der Waals surface area contributed by atoms with Crippen molar-refractivity contribution in [2.75, 3.05) is 11.9 Å². The second-order valence-electron chi connectivity index (χ2n) is 6.28. The summed E-state index contributed by atoms with van der Waals surface area (Å²) in [6.07, 6.45) is 3.37. The molecule has 0 atom stereocenters. The Bertz CT molecular complexity index is 921. The molecule has 0 aliphatic carbocycles. The number of hydrogen-bond acceptors (Lipinski definition) is 4. The molecule has 0 fully saturated rings. The molecule has 1 aromatic heterocycles. The van der Waals surface area contributed by atoms with Crippen molar-refractivity contribution in [1.29, 1.82) is 0 Å². The summed E-state index contributed by atoms with van der Waals surface area (Å²) >= 11 is 0. The maximum Gasteiger partial charge on any atom is 0.254 e. The molecular weight excluding hydrogens is 343 g/mol. The van der Waals surface area contributed by atoms with Crippen LogP contribution in [-0.2, 0) is 6.42 Å². The van der Waals surface area contributed by atoms with Crippen LogP contribution in [0.2, 0.25) is 0 Å². The van der Waals surface area contributed by atoms with E-state index in [2.05, 4.69) is 20.6 Å². The minimum atomic E-state index is -0.287. The first-order valence-corrected chi connectivity index (χ1v) is 8.71. The van der Waals surface area contributed by atoms with Crippen molar-refractivity contribution in [2.45, 2.75) is 20.3 Å². The summed E-state index contributed by atoms with van der Waals surface area (Å²) in [5, 5.41) is 5.94. The molecule has 0 aliphatic heterocycles. The van der Waals surface area contributed by atoms with Crippen LogP contribution in [0.4, 0.5) is 16.0 Å². The largest absolute Gasteiger partial charge is 0.352 e. The molecule has 0 spiro atoms. The van der Waals surface area contributed by atoms with E-state index in [1.54, 1.807) is 18.2 Å². The molecule has 6 heteroatoms. The number of amides is 1. The van der Waals surface area contributed by atoms with Crippen molar-refractivity contribution < 1.29 is 9.18 Å². The highest BCUT2D eigenvalue weighted by atomic mass is 19.1. The molecule has 1 amide bonds. The van der Waals surface area contributed by atoms with E-state index in [1.165, 1.54) is 18.5 Å². The highest BCUT2D eigenvalue weighted by Gasteiger charge is 2.09. The Hall–Kier alpha value is -3.28. The summed E-state index contributed by atoms with van der Waals surface area (Å²) in [5.74, 6) is -0.128. The van der Waals surface area contributed by atoms with Gasteiger partial charge in [-0.2, -0.15) is 0 Å². The fraction of sp³-hybridized carbons (Fsp3) is 0.190. The molecule has 1 heterocycles. The standard InChI is InChI=1S/C21H21FN4O/c1-14-6-5-7-15(2)19(14)26-21-24-12-17(13-25-21)20(27)23-11-10-16-8-3-4-9-18(16)22/h3-9,12-13H,10-11H2,1-2H3,(H,23,27)(H,24,25,26). The number of carbonyl (C=O) groups excluding carboxylic acids is 1. The molecule has 2 N–H and O–H groups in total. The molecule has 2 aromatic carbocycles. The normalized spacial score (nSPS) is 10.5. The van der Waals surface area contributed by atoms with E-state index < -0.39 is 0 Å². The Morgan fingerprint density at radius 3 is 2.33 bits per heavy atom. The van der Waals surface area contributed by atoms with Gasteiger partial charge in [0.2, 0.25) is 5.95 Å². The van der Waals surface area contributed by atoms with E-state index in [-0.39, 0.29) is 11.7 Å². The van der Waals surface area contributed by atoms with Crippen LogP contribution in [0.25, 0.3) is 0 Å². The third-order valence-corrected chi connectivity index (χ3v) is 4.27. The van der Waals surface area contributed by atoms with Gasteiger partial charge in [-0.25, -0.2) is 14.4 Å². The minimum absolute atomic E-state index is 0.267. The maximum atomic E-state index is 13.6. The lowest BCUT2D eigenvalue weighted by molar-refractivity contribution is 0.0953. The Morgan fingerprint density at radius 2 is 1.67 bits per heavy atom. The third kappa shape index (κ3) is 4.67. The maximum absolute atomic E-state index is 13.6. The number of para-hydroxylation sites is 1. The van der Waals surface area contributed by atoms with E-state index in [0.717, 1.165) is 16.8 Å². The predicted octanol–water partition coefficient (Wildman–Crippen LogP) is 3.95. The smallest absolute Gasteiger partial charge is 0.254 e. The van der Waals surface area contributed by atoms with E-state index in [9.17, 15) is 9.18 Å². The zero-order chi connectivity index (χ0) is 19.2. The summed E-state index contributed by atoms with van der Waals surface area (Å²) in [5.41, 5.74) is 4.07.